The van der Waals surface area contributed by atoms with Crippen molar-refractivity contribution >= 4 is 22.8 Å². The summed E-state index contributed by atoms with van der Waals surface area (Å²) < 4.78 is 15.7. The molecule has 0 radical (unpaired) electrons. The third kappa shape index (κ3) is 5.43. The first-order valence-corrected chi connectivity index (χ1v) is 9.25. The highest BCUT2D eigenvalue weighted by atomic mass is 16.7. The Morgan fingerprint density at radius 1 is 1.14 bits per heavy atom. The summed E-state index contributed by atoms with van der Waals surface area (Å²) in [5.74, 6) is -1.20. The van der Waals surface area contributed by atoms with Crippen molar-refractivity contribution in [1.82, 2.24) is 5.32 Å². The Morgan fingerprint density at radius 2 is 1.90 bits per heavy atom. The Bertz CT molecular complexity index is 930. The fourth-order valence-corrected chi connectivity index (χ4v) is 2.92. The maximum absolute atomic E-state index is 12.3. The molecule has 0 saturated carbocycles. The summed E-state index contributed by atoms with van der Waals surface area (Å²) in [6.45, 7) is 0.302. The van der Waals surface area contributed by atoms with Crippen LogP contribution in [0.1, 0.15) is 16.8 Å². The van der Waals surface area contributed by atoms with E-state index in [0.29, 0.717) is 5.56 Å². The highest BCUT2D eigenvalue weighted by molar-refractivity contribution is 5.94. The van der Waals surface area contributed by atoms with Crippen LogP contribution in [-0.2, 0) is 14.3 Å². The number of furan rings is 1. The van der Waals surface area contributed by atoms with Gasteiger partial charge in [0.05, 0.1) is 12.5 Å². The minimum atomic E-state index is -0.967. The van der Waals surface area contributed by atoms with Gasteiger partial charge in [-0.15, -0.1) is 0 Å². The molecule has 152 valence electrons. The van der Waals surface area contributed by atoms with E-state index in [-0.39, 0.29) is 32.3 Å². The zero-order valence-electron chi connectivity index (χ0n) is 16.1. The summed E-state index contributed by atoms with van der Waals surface area (Å²) in [5.41, 5.74) is 2.18. The standard InChI is InChI=1S/C22H23NO6/c1-27-14-28-13-18(22(25)26)10-11-23-21(24)16-8-6-15(7-9-16)20-12-17-4-2-3-5-19(17)29-20/h2-9,12,18H,10-11,13-14H2,1H3,(H,23,24)(H,25,26)/t18-/m0/s1. The number of carbonyl (C=O) groups excluding carboxylic acids is 1. The van der Waals surface area contributed by atoms with Gasteiger partial charge in [0, 0.05) is 30.2 Å². The van der Waals surface area contributed by atoms with Crippen LogP contribution in [0.5, 0.6) is 0 Å². The van der Waals surface area contributed by atoms with E-state index in [2.05, 4.69) is 5.32 Å². The average molecular weight is 397 g/mol. The summed E-state index contributed by atoms with van der Waals surface area (Å²) >= 11 is 0. The van der Waals surface area contributed by atoms with Crippen molar-refractivity contribution in [2.75, 3.05) is 27.1 Å². The number of fused-ring (bicyclic) bond motifs is 1. The third-order valence-electron chi connectivity index (χ3n) is 4.50. The van der Waals surface area contributed by atoms with Crippen LogP contribution < -0.4 is 5.32 Å². The highest BCUT2D eigenvalue weighted by Crippen LogP contribution is 2.27. The molecule has 7 nitrogen and oxygen atoms in total. The number of carbonyl (C=O) groups is 2. The molecule has 0 fully saturated rings. The van der Waals surface area contributed by atoms with Gasteiger partial charge in [-0.05, 0) is 30.7 Å². The number of aliphatic carboxylic acids is 1. The van der Waals surface area contributed by atoms with Gasteiger partial charge in [0.15, 0.2) is 0 Å². The fraction of sp³-hybridized carbons (Fsp3) is 0.273. The van der Waals surface area contributed by atoms with Gasteiger partial charge < -0.3 is 24.3 Å². The molecule has 0 bridgehead atoms. The smallest absolute Gasteiger partial charge is 0.308 e. The predicted molar refractivity (Wildman–Crippen MR) is 108 cm³/mol. The van der Waals surface area contributed by atoms with E-state index in [9.17, 15) is 14.7 Å². The van der Waals surface area contributed by atoms with Crippen LogP contribution >= 0.6 is 0 Å². The quantitative estimate of drug-likeness (QED) is 0.401. The van der Waals surface area contributed by atoms with E-state index in [0.717, 1.165) is 22.3 Å². The molecule has 0 unspecified atom stereocenters. The zero-order chi connectivity index (χ0) is 20.6. The maximum atomic E-state index is 12.3. The summed E-state index contributed by atoms with van der Waals surface area (Å²) in [6, 6.07) is 16.8. The number of carboxylic acids is 1. The van der Waals surface area contributed by atoms with Gasteiger partial charge in [0.1, 0.15) is 18.1 Å². The Balaban J connectivity index is 1.55. The molecule has 3 aromatic rings. The number of benzene rings is 2. The Hall–Kier alpha value is -3.16. The normalized spacial score (nSPS) is 12.0. The van der Waals surface area contributed by atoms with Crippen LogP contribution in [0.25, 0.3) is 22.3 Å². The van der Waals surface area contributed by atoms with Crippen LogP contribution in [0, 0.1) is 5.92 Å². The minimum Gasteiger partial charge on any atom is -0.481 e. The number of hydrogen-bond donors (Lipinski definition) is 2. The SMILES string of the molecule is COCOC[C@H](CCNC(=O)c1ccc(-c2cc3ccccc3o2)cc1)C(=O)O. The summed E-state index contributed by atoms with van der Waals surface area (Å²) in [7, 11) is 1.47. The number of para-hydroxylation sites is 1. The minimum absolute atomic E-state index is 0.0330. The summed E-state index contributed by atoms with van der Waals surface area (Å²) in [5, 5.41) is 13.0. The number of hydrogen-bond acceptors (Lipinski definition) is 5. The van der Waals surface area contributed by atoms with Crippen LogP contribution in [0.2, 0.25) is 0 Å². The average Bonchev–Trinajstić information content (AvgIpc) is 3.17. The number of carboxylic acid groups (broad SMARTS) is 1. The molecule has 29 heavy (non-hydrogen) atoms. The highest BCUT2D eigenvalue weighted by Gasteiger charge is 2.18. The van der Waals surface area contributed by atoms with Crippen molar-refractivity contribution in [2.24, 2.45) is 5.92 Å². The predicted octanol–water partition coefficient (Wildman–Crippen LogP) is 3.54. The molecule has 1 amide bonds. The first-order valence-electron chi connectivity index (χ1n) is 9.25. The van der Waals surface area contributed by atoms with Crippen LogP contribution in [0.3, 0.4) is 0 Å². The van der Waals surface area contributed by atoms with E-state index < -0.39 is 11.9 Å². The number of rotatable bonds is 10. The molecular weight excluding hydrogens is 374 g/mol. The Kier molecular flexibility index (Phi) is 6.99. The molecule has 7 heteroatoms. The van der Waals surface area contributed by atoms with Gasteiger partial charge in [-0.1, -0.05) is 30.3 Å². The summed E-state index contributed by atoms with van der Waals surface area (Å²) in [4.78, 5) is 23.5. The van der Waals surface area contributed by atoms with E-state index >= 15 is 0 Å². The lowest BCUT2D eigenvalue weighted by atomic mass is 10.1. The molecule has 0 saturated heterocycles. The lowest BCUT2D eigenvalue weighted by molar-refractivity contribution is -0.146. The van der Waals surface area contributed by atoms with E-state index in [1.54, 1.807) is 12.1 Å². The molecule has 1 heterocycles. The molecule has 0 aliphatic heterocycles. The number of nitrogens with one attached hydrogen (secondary N) is 1. The zero-order valence-corrected chi connectivity index (χ0v) is 16.1. The van der Waals surface area contributed by atoms with Crippen LogP contribution in [0.4, 0.5) is 0 Å². The first-order chi connectivity index (χ1) is 14.1. The lowest BCUT2D eigenvalue weighted by Gasteiger charge is -2.13. The molecule has 0 aliphatic rings. The van der Waals surface area contributed by atoms with Gasteiger partial charge in [0.2, 0.25) is 0 Å². The third-order valence-corrected chi connectivity index (χ3v) is 4.50. The number of methoxy groups -OCH3 is 1. The van der Waals surface area contributed by atoms with Gasteiger partial charge in [-0.3, -0.25) is 9.59 Å². The second kappa shape index (κ2) is 9.86. The van der Waals surface area contributed by atoms with Crippen molar-refractivity contribution in [3.63, 3.8) is 0 Å². The fourth-order valence-electron chi connectivity index (χ4n) is 2.92. The second-order valence-corrected chi connectivity index (χ2v) is 6.58. The van der Waals surface area contributed by atoms with E-state index in [4.69, 9.17) is 13.9 Å². The molecule has 2 aromatic carbocycles. The largest absolute Gasteiger partial charge is 0.481 e. The Morgan fingerprint density at radius 3 is 2.59 bits per heavy atom. The van der Waals surface area contributed by atoms with Crippen LogP contribution in [-0.4, -0.2) is 44.0 Å². The molecule has 1 aromatic heterocycles. The molecule has 3 rings (SSSR count). The summed E-state index contributed by atoms with van der Waals surface area (Å²) in [6.07, 6.45) is 0.266. The lowest BCUT2D eigenvalue weighted by Crippen LogP contribution is -2.29. The van der Waals surface area contributed by atoms with Gasteiger partial charge >= 0.3 is 5.97 Å². The molecule has 1 atom stereocenters. The molecular formula is C22H23NO6. The Labute approximate surface area is 168 Å². The van der Waals surface area contributed by atoms with Gasteiger partial charge in [0.25, 0.3) is 5.91 Å². The van der Waals surface area contributed by atoms with Crippen molar-refractivity contribution in [3.8, 4) is 11.3 Å². The van der Waals surface area contributed by atoms with E-state index in [1.807, 2.05) is 42.5 Å². The van der Waals surface area contributed by atoms with Crippen molar-refractivity contribution in [3.05, 3.63) is 60.2 Å². The first kappa shape index (κ1) is 20.6. The number of ether oxygens (including phenoxy) is 2. The van der Waals surface area contributed by atoms with Crippen molar-refractivity contribution in [2.45, 2.75) is 6.42 Å². The van der Waals surface area contributed by atoms with Gasteiger partial charge in [-0.2, -0.15) is 0 Å². The molecule has 2 N–H and O–H groups in total. The topological polar surface area (TPSA) is 98.0 Å². The van der Waals surface area contributed by atoms with Crippen molar-refractivity contribution < 1.29 is 28.6 Å². The molecule has 0 spiro atoms. The van der Waals surface area contributed by atoms with Crippen molar-refractivity contribution in [1.29, 1.82) is 0 Å². The van der Waals surface area contributed by atoms with Gasteiger partial charge in [-0.25, -0.2) is 0 Å². The molecule has 0 aliphatic carbocycles. The number of amides is 1. The maximum Gasteiger partial charge on any atom is 0.308 e. The second-order valence-electron chi connectivity index (χ2n) is 6.58. The van der Waals surface area contributed by atoms with E-state index in [1.165, 1.54) is 7.11 Å². The monoisotopic (exact) mass is 397 g/mol. The van der Waals surface area contributed by atoms with Crippen LogP contribution in [0.15, 0.2) is 59.0 Å².